The number of nitrogens with one attached hydrogen (secondary N) is 1. The molecule has 0 atom stereocenters. The van der Waals surface area contributed by atoms with Gasteiger partial charge in [-0.1, -0.05) is 44.7 Å². The molecule has 114 valence electrons. The van der Waals surface area contributed by atoms with E-state index in [0.29, 0.717) is 12.0 Å². The molecule has 1 aromatic rings. The van der Waals surface area contributed by atoms with Crippen molar-refractivity contribution in [3.05, 3.63) is 39.9 Å². The van der Waals surface area contributed by atoms with Gasteiger partial charge in [-0.15, -0.1) is 0 Å². The normalized spacial score (nSPS) is 10.7. The molecule has 0 heterocycles. The highest BCUT2D eigenvalue weighted by molar-refractivity contribution is 5.86. The Bertz CT molecular complexity index is 501. The molecular formula is C15H21N3O3. The summed E-state index contributed by atoms with van der Waals surface area (Å²) >= 11 is 0. The lowest BCUT2D eigenvalue weighted by atomic mass is 10.1. The highest BCUT2D eigenvalue weighted by atomic mass is 16.6. The topological polar surface area (TPSA) is 84.6 Å². The van der Waals surface area contributed by atoms with Crippen LogP contribution in [0.2, 0.25) is 0 Å². The summed E-state index contributed by atoms with van der Waals surface area (Å²) in [5.41, 5.74) is 2.73. The summed E-state index contributed by atoms with van der Waals surface area (Å²) in [5.74, 6) is -0.165. The van der Waals surface area contributed by atoms with Crippen LogP contribution in [0.25, 0.3) is 0 Å². The molecule has 0 aliphatic carbocycles. The molecule has 0 fully saturated rings. The van der Waals surface area contributed by atoms with E-state index in [-0.39, 0.29) is 11.6 Å². The Labute approximate surface area is 124 Å². The van der Waals surface area contributed by atoms with E-state index in [4.69, 9.17) is 0 Å². The number of para-hydroxylation sites is 1. The number of nitro benzene ring substituents is 1. The number of nitrogens with zero attached hydrogens (tertiary/aromatic N) is 2. The highest BCUT2D eigenvalue weighted by Gasteiger charge is 2.09. The van der Waals surface area contributed by atoms with Gasteiger partial charge in [-0.2, -0.15) is 5.10 Å². The van der Waals surface area contributed by atoms with Gasteiger partial charge in [0, 0.05) is 12.5 Å². The van der Waals surface area contributed by atoms with Gasteiger partial charge >= 0.3 is 0 Å². The summed E-state index contributed by atoms with van der Waals surface area (Å²) in [7, 11) is 0. The SMILES string of the molecule is CCCCCCCC(=O)N/N=C\c1ccccc1[N+](=O)[O-]. The van der Waals surface area contributed by atoms with E-state index in [1.165, 1.54) is 25.1 Å². The Kier molecular flexibility index (Phi) is 7.71. The van der Waals surface area contributed by atoms with Gasteiger partial charge in [0.05, 0.1) is 16.7 Å². The third-order valence-electron chi connectivity index (χ3n) is 3.03. The number of rotatable bonds is 9. The number of carbonyl (C=O) groups excluding carboxylic acids is 1. The van der Waals surface area contributed by atoms with E-state index in [1.54, 1.807) is 18.2 Å². The van der Waals surface area contributed by atoms with E-state index in [2.05, 4.69) is 17.5 Å². The van der Waals surface area contributed by atoms with Crippen molar-refractivity contribution in [2.75, 3.05) is 0 Å². The van der Waals surface area contributed by atoms with Gasteiger partial charge in [-0.25, -0.2) is 5.43 Å². The van der Waals surface area contributed by atoms with E-state index in [0.717, 1.165) is 19.3 Å². The maximum atomic E-state index is 11.5. The Morgan fingerprint density at radius 3 is 2.71 bits per heavy atom. The van der Waals surface area contributed by atoms with Crippen LogP contribution in [0, 0.1) is 10.1 Å². The average molecular weight is 291 g/mol. The van der Waals surface area contributed by atoms with Crippen molar-refractivity contribution in [1.29, 1.82) is 0 Å². The van der Waals surface area contributed by atoms with E-state index in [9.17, 15) is 14.9 Å². The number of nitro groups is 1. The Hall–Kier alpha value is -2.24. The fourth-order valence-corrected chi connectivity index (χ4v) is 1.88. The molecule has 0 aromatic heterocycles. The summed E-state index contributed by atoms with van der Waals surface area (Å²) in [5, 5.41) is 14.6. The molecule has 0 spiro atoms. The fraction of sp³-hybridized carbons (Fsp3) is 0.467. The standard InChI is InChI=1S/C15H21N3O3/c1-2-3-4-5-6-11-15(19)17-16-12-13-9-7-8-10-14(13)18(20)21/h7-10,12H,2-6,11H2,1H3,(H,17,19)/b16-12-. The number of carbonyl (C=O) groups is 1. The molecule has 0 bridgehead atoms. The predicted molar refractivity (Wildman–Crippen MR) is 82.2 cm³/mol. The Morgan fingerprint density at radius 2 is 2.00 bits per heavy atom. The van der Waals surface area contributed by atoms with Crippen molar-refractivity contribution in [1.82, 2.24) is 5.43 Å². The molecule has 0 radical (unpaired) electrons. The van der Waals surface area contributed by atoms with Crippen molar-refractivity contribution >= 4 is 17.8 Å². The lowest BCUT2D eigenvalue weighted by Gasteiger charge is -2.00. The zero-order valence-electron chi connectivity index (χ0n) is 12.2. The van der Waals surface area contributed by atoms with Crippen LogP contribution in [0.1, 0.15) is 51.0 Å². The number of hydrogen-bond donors (Lipinski definition) is 1. The second-order valence-corrected chi connectivity index (χ2v) is 4.77. The van der Waals surface area contributed by atoms with Crippen molar-refractivity contribution < 1.29 is 9.72 Å². The predicted octanol–water partition coefficient (Wildman–Crippen LogP) is 3.41. The van der Waals surface area contributed by atoms with Crippen molar-refractivity contribution in [3.63, 3.8) is 0 Å². The zero-order chi connectivity index (χ0) is 15.5. The van der Waals surface area contributed by atoms with Crippen LogP contribution in [-0.2, 0) is 4.79 Å². The first-order chi connectivity index (χ1) is 10.1. The summed E-state index contributed by atoms with van der Waals surface area (Å²) in [6.07, 6.45) is 7.11. The molecular weight excluding hydrogens is 270 g/mol. The first-order valence-corrected chi connectivity index (χ1v) is 7.20. The number of benzene rings is 1. The van der Waals surface area contributed by atoms with E-state index < -0.39 is 4.92 Å². The van der Waals surface area contributed by atoms with Crippen LogP contribution >= 0.6 is 0 Å². The molecule has 0 saturated heterocycles. The molecule has 1 N–H and O–H groups in total. The first kappa shape index (κ1) is 16.8. The zero-order valence-corrected chi connectivity index (χ0v) is 12.2. The number of hydrazone groups is 1. The van der Waals surface area contributed by atoms with E-state index >= 15 is 0 Å². The second-order valence-electron chi connectivity index (χ2n) is 4.77. The third-order valence-corrected chi connectivity index (χ3v) is 3.03. The second kappa shape index (κ2) is 9.63. The van der Waals surface area contributed by atoms with Gasteiger partial charge in [0.25, 0.3) is 5.69 Å². The molecule has 1 rings (SSSR count). The minimum Gasteiger partial charge on any atom is -0.273 e. The summed E-state index contributed by atoms with van der Waals surface area (Å²) < 4.78 is 0. The number of hydrogen-bond acceptors (Lipinski definition) is 4. The summed E-state index contributed by atoms with van der Waals surface area (Å²) in [6, 6.07) is 6.25. The maximum Gasteiger partial charge on any atom is 0.278 e. The van der Waals surface area contributed by atoms with Crippen LogP contribution in [-0.4, -0.2) is 17.0 Å². The largest absolute Gasteiger partial charge is 0.278 e. The van der Waals surface area contributed by atoms with Gasteiger partial charge in [0.1, 0.15) is 0 Å². The molecule has 1 amide bonds. The van der Waals surface area contributed by atoms with Crippen LogP contribution < -0.4 is 5.43 Å². The molecule has 0 unspecified atom stereocenters. The minimum absolute atomic E-state index is 0.0323. The van der Waals surface area contributed by atoms with Crippen molar-refractivity contribution in [3.8, 4) is 0 Å². The van der Waals surface area contributed by atoms with Gasteiger partial charge in [-0.05, 0) is 12.5 Å². The molecule has 21 heavy (non-hydrogen) atoms. The van der Waals surface area contributed by atoms with E-state index in [1.807, 2.05) is 0 Å². The minimum atomic E-state index is -0.475. The summed E-state index contributed by atoms with van der Waals surface area (Å²) in [6.45, 7) is 2.14. The molecule has 0 aliphatic rings. The molecule has 0 saturated carbocycles. The fourth-order valence-electron chi connectivity index (χ4n) is 1.88. The smallest absolute Gasteiger partial charge is 0.273 e. The maximum absolute atomic E-state index is 11.5. The highest BCUT2D eigenvalue weighted by Crippen LogP contribution is 2.15. The Balaban J connectivity index is 2.37. The van der Waals surface area contributed by atoms with Crippen LogP contribution in [0.3, 0.4) is 0 Å². The first-order valence-electron chi connectivity index (χ1n) is 7.20. The quantitative estimate of drug-likeness (QED) is 0.327. The molecule has 6 nitrogen and oxygen atoms in total. The summed E-state index contributed by atoms with van der Waals surface area (Å²) in [4.78, 5) is 21.9. The lowest BCUT2D eigenvalue weighted by Crippen LogP contribution is -2.17. The average Bonchev–Trinajstić information content (AvgIpc) is 2.47. The van der Waals surface area contributed by atoms with Gasteiger partial charge in [0.15, 0.2) is 0 Å². The number of amides is 1. The lowest BCUT2D eigenvalue weighted by molar-refractivity contribution is -0.385. The molecule has 0 aliphatic heterocycles. The van der Waals surface area contributed by atoms with Gasteiger partial charge in [-0.3, -0.25) is 14.9 Å². The van der Waals surface area contributed by atoms with Crippen molar-refractivity contribution in [2.45, 2.75) is 45.4 Å². The van der Waals surface area contributed by atoms with Crippen molar-refractivity contribution in [2.24, 2.45) is 5.10 Å². The van der Waals surface area contributed by atoms with Crippen LogP contribution in [0.15, 0.2) is 29.4 Å². The molecule has 1 aromatic carbocycles. The number of unbranched alkanes of at least 4 members (excludes halogenated alkanes) is 4. The van der Waals surface area contributed by atoms with Crippen LogP contribution in [0.5, 0.6) is 0 Å². The third kappa shape index (κ3) is 6.65. The van der Waals surface area contributed by atoms with Gasteiger partial charge in [0.2, 0.25) is 5.91 Å². The molecule has 6 heteroatoms. The van der Waals surface area contributed by atoms with Crippen LogP contribution in [0.4, 0.5) is 5.69 Å². The monoisotopic (exact) mass is 291 g/mol. The Morgan fingerprint density at radius 1 is 1.29 bits per heavy atom. The van der Waals surface area contributed by atoms with Gasteiger partial charge < -0.3 is 0 Å².